The SMILES string of the molecule is CCc1cccc(CC)c1-n1c(SC)nnc1-c1ccc(Cl)cc1Cl. The minimum absolute atomic E-state index is 0.570. The maximum atomic E-state index is 6.45. The molecule has 0 atom stereocenters. The normalized spacial score (nSPS) is 11.1. The van der Waals surface area contributed by atoms with Crippen LogP contribution in [0.25, 0.3) is 17.1 Å². The number of aryl methyl sites for hydroxylation is 2. The second-order valence-corrected chi connectivity index (χ2v) is 7.22. The Balaban J connectivity index is 2.33. The van der Waals surface area contributed by atoms with Crippen LogP contribution in [0.15, 0.2) is 41.6 Å². The predicted octanol–water partition coefficient (Wildman–Crippen LogP) is 6.09. The van der Waals surface area contributed by atoms with E-state index in [2.05, 4.69) is 46.8 Å². The van der Waals surface area contributed by atoms with E-state index in [0.29, 0.717) is 10.0 Å². The lowest BCUT2D eigenvalue weighted by molar-refractivity contribution is 0.860. The van der Waals surface area contributed by atoms with Crippen molar-refractivity contribution in [1.29, 1.82) is 0 Å². The molecule has 0 saturated heterocycles. The standard InChI is InChI=1S/C19H19Cl2N3S/c1-4-12-7-6-8-13(5-2)17(12)24-18(22-23-19(24)25-3)15-10-9-14(20)11-16(15)21/h6-11H,4-5H2,1-3H3. The summed E-state index contributed by atoms with van der Waals surface area (Å²) in [5.41, 5.74) is 4.51. The molecule has 0 spiro atoms. The fourth-order valence-corrected chi connectivity index (χ4v) is 3.93. The number of benzene rings is 2. The summed E-state index contributed by atoms with van der Waals surface area (Å²) in [4.78, 5) is 0. The lowest BCUT2D eigenvalue weighted by atomic mass is 10.0. The molecule has 0 N–H and O–H groups in total. The number of nitrogens with zero attached hydrogens (tertiary/aromatic N) is 3. The van der Waals surface area contributed by atoms with Crippen LogP contribution in [0.3, 0.4) is 0 Å². The van der Waals surface area contributed by atoms with Gasteiger partial charge in [-0.2, -0.15) is 0 Å². The number of hydrogen-bond donors (Lipinski definition) is 0. The first-order valence-corrected chi connectivity index (χ1v) is 10.1. The van der Waals surface area contributed by atoms with Crippen LogP contribution in [-0.2, 0) is 12.8 Å². The van der Waals surface area contributed by atoms with E-state index in [1.54, 1.807) is 17.8 Å². The molecule has 0 bridgehead atoms. The van der Waals surface area contributed by atoms with Crippen LogP contribution in [-0.4, -0.2) is 21.0 Å². The Morgan fingerprint density at radius 2 is 1.68 bits per heavy atom. The minimum Gasteiger partial charge on any atom is -0.269 e. The van der Waals surface area contributed by atoms with Crippen LogP contribution in [0.1, 0.15) is 25.0 Å². The van der Waals surface area contributed by atoms with Gasteiger partial charge in [-0.15, -0.1) is 10.2 Å². The zero-order valence-electron chi connectivity index (χ0n) is 14.4. The number of para-hydroxylation sites is 1. The fourth-order valence-electron chi connectivity index (χ4n) is 2.95. The summed E-state index contributed by atoms with van der Waals surface area (Å²) in [6.07, 6.45) is 3.87. The summed E-state index contributed by atoms with van der Waals surface area (Å²) in [6.45, 7) is 4.33. The molecule has 1 aromatic heterocycles. The smallest absolute Gasteiger partial charge is 0.195 e. The molecule has 2 aromatic carbocycles. The Labute approximate surface area is 162 Å². The van der Waals surface area contributed by atoms with Crippen LogP contribution < -0.4 is 0 Å². The van der Waals surface area contributed by atoms with Gasteiger partial charge in [-0.1, -0.05) is 67.0 Å². The maximum absolute atomic E-state index is 6.45. The molecule has 0 amide bonds. The highest BCUT2D eigenvalue weighted by atomic mass is 35.5. The average Bonchev–Trinajstić information content (AvgIpc) is 3.04. The zero-order chi connectivity index (χ0) is 18.0. The molecular formula is C19H19Cl2N3S. The maximum Gasteiger partial charge on any atom is 0.195 e. The largest absolute Gasteiger partial charge is 0.269 e. The summed E-state index contributed by atoms with van der Waals surface area (Å²) < 4.78 is 2.12. The number of halogens is 2. The van der Waals surface area contributed by atoms with Gasteiger partial charge in [0.2, 0.25) is 0 Å². The van der Waals surface area contributed by atoms with Crippen molar-refractivity contribution >= 4 is 35.0 Å². The molecular weight excluding hydrogens is 373 g/mol. The number of thioether (sulfide) groups is 1. The first-order chi connectivity index (χ1) is 12.1. The summed E-state index contributed by atoms with van der Waals surface area (Å²) in [7, 11) is 0. The van der Waals surface area contributed by atoms with E-state index < -0.39 is 0 Å². The van der Waals surface area contributed by atoms with Gasteiger partial charge >= 0.3 is 0 Å². The molecule has 0 aliphatic rings. The van der Waals surface area contributed by atoms with Gasteiger partial charge in [0, 0.05) is 10.6 Å². The van der Waals surface area contributed by atoms with Gasteiger partial charge < -0.3 is 0 Å². The van der Waals surface area contributed by atoms with E-state index in [4.69, 9.17) is 23.2 Å². The molecule has 0 aliphatic carbocycles. The molecule has 3 nitrogen and oxygen atoms in total. The average molecular weight is 392 g/mol. The summed E-state index contributed by atoms with van der Waals surface area (Å²) >= 11 is 14.1. The van der Waals surface area contributed by atoms with Gasteiger partial charge in [-0.25, -0.2) is 0 Å². The predicted molar refractivity (Wildman–Crippen MR) is 107 cm³/mol. The molecule has 0 radical (unpaired) electrons. The van der Waals surface area contributed by atoms with Gasteiger partial charge in [-0.3, -0.25) is 4.57 Å². The third kappa shape index (κ3) is 3.43. The van der Waals surface area contributed by atoms with Crippen molar-refractivity contribution in [2.45, 2.75) is 31.8 Å². The molecule has 0 saturated carbocycles. The fraction of sp³-hybridized carbons (Fsp3) is 0.263. The molecule has 1 heterocycles. The van der Waals surface area contributed by atoms with Crippen molar-refractivity contribution in [3.63, 3.8) is 0 Å². The van der Waals surface area contributed by atoms with E-state index in [1.807, 2.05) is 18.4 Å². The van der Waals surface area contributed by atoms with Crippen LogP contribution in [0.2, 0.25) is 10.0 Å². The topological polar surface area (TPSA) is 30.7 Å². The van der Waals surface area contributed by atoms with Crippen LogP contribution in [0.5, 0.6) is 0 Å². The second-order valence-electron chi connectivity index (χ2n) is 5.60. The first kappa shape index (κ1) is 18.3. The van der Waals surface area contributed by atoms with Crippen LogP contribution >= 0.6 is 35.0 Å². The Morgan fingerprint density at radius 1 is 1.00 bits per heavy atom. The van der Waals surface area contributed by atoms with Gasteiger partial charge in [0.25, 0.3) is 0 Å². The van der Waals surface area contributed by atoms with Crippen LogP contribution in [0.4, 0.5) is 0 Å². The van der Waals surface area contributed by atoms with Gasteiger partial charge in [0.15, 0.2) is 11.0 Å². The number of aromatic nitrogens is 3. The molecule has 25 heavy (non-hydrogen) atoms. The number of rotatable bonds is 5. The van der Waals surface area contributed by atoms with Crippen molar-refractivity contribution < 1.29 is 0 Å². The third-order valence-corrected chi connectivity index (χ3v) is 5.35. The molecule has 0 aliphatic heterocycles. The molecule has 0 unspecified atom stereocenters. The second kappa shape index (κ2) is 7.81. The summed E-state index contributed by atoms with van der Waals surface area (Å²) in [5.74, 6) is 0.738. The number of hydrogen-bond acceptors (Lipinski definition) is 3. The highest BCUT2D eigenvalue weighted by Gasteiger charge is 2.21. The monoisotopic (exact) mass is 391 g/mol. The molecule has 3 aromatic rings. The Bertz CT molecular complexity index is 883. The first-order valence-electron chi connectivity index (χ1n) is 8.16. The van der Waals surface area contributed by atoms with Crippen molar-refractivity contribution in [2.24, 2.45) is 0 Å². The van der Waals surface area contributed by atoms with Crippen LogP contribution in [0, 0.1) is 0 Å². The van der Waals surface area contributed by atoms with Gasteiger partial charge in [0.1, 0.15) is 0 Å². The molecule has 6 heteroatoms. The van der Waals surface area contributed by atoms with Crippen molar-refractivity contribution in [1.82, 2.24) is 14.8 Å². The quantitative estimate of drug-likeness (QED) is 0.493. The van der Waals surface area contributed by atoms with Gasteiger partial charge in [-0.05, 0) is 48.4 Å². The minimum atomic E-state index is 0.570. The molecule has 0 fully saturated rings. The summed E-state index contributed by atoms with van der Waals surface area (Å²) in [5, 5.41) is 10.8. The molecule has 130 valence electrons. The highest BCUT2D eigenvalue weighted by Crippen LogP contribution is 2.35. The molecule has 3 rings (SSSR count). The van der Waals surface area contributed by atoms with E-state index >= 15 is 0 Å². The van der Waals surface area contributed by atoms with Crippen molar-refractivity contribution in [3.8, 4) is 17.1 Å². The zero-order valence-corrected chi connectivity index (χ0v) is 16.7. The Morgan fingerprint density at radius 3 is 2.24 bits per heavy atom. The van der Waals surface area contributed by atoms with Crippen molar-refractivity contribution in [3.05, 3.63) is 57.6 Å². The van der Waals surface area contributed by atoms with E-state index in [0.717, 1.165) is 35.1 Å². The lowest BCUT2D eigenvalue weighted by Crippen LogP contribution is -2.07. The van der Waals surface area contributed by atoms with E-state index in [-0.39, 0.29) is 0 Å². The van der Waals surface area contributed by atoms with Gasteiger partial charge in [0.05, 0.1) is 10.7 Å². The van der Waals surface area contributed by atoms with Crippen molar-refractivity contribution in [2.75, 3.05) is 6.26 Å². The lowest BCUT2D eigenvalue weighted by Gasteiger charge is -2.18. The third-order valence-electron chi connectivity index (χ3n) is 4.18. The Kier molecular flexibility index (Phi) is 5.72. The highest BCUT2D eigenvalue weighted by molar-refractivity contribution is 7.98. The Hall–Kier alpha value is -1.49. The summed E-state index contributed by atoms with van der Waals surface area (Å²) in [6, 6.07) is 11.9. The van der Waals surface area contributed by atoms with E-state index in [1.165, 1.54) is 11.1 Å². The van der Waals surface area contributed by atoms with E-state index in [9.17, 15) is 0 Å².